The summed E-state index contributed by atoms with van der Waals surface area (Å²) in [5.41, 5.74) is 4.41. The van der Waals surface area contributed by atoms with Gasteiger partial charge in [0.2, 0.25) is 0 Å². The first-order valence-electron chi connectivity index (χ1n) is 10.1. The molecule has 1 amide bonds. The summed E-state index contributed by atoms with van der Waals surface area (Å²) in [6.45, 7) is 0.0553. The van der Waals surface area contributed by atoms with Gasteiger partial charge in [0.15, 0.2) is 11.6 Å². The number of halogens is 1. The quantitative estimate of drug-likeness (QED) is 0.576. The number of amides is 1. The van der Waals surface area contributed by atoms with Crippen molar-refractivity contribution in [2.45, 2.75) is 18.4 Å². The van der Waals surface area contributed by atoms with E-state index in [0.29, 0.717) is 0 Å². The number of fused-ring (bicyclic) bond motifs is 3. The molecule has 0 bridgehead atoms. The molecular weight excluding hydrogens is 413 g/mol. The Balaban J connectivity index is 1.45. The maximum Gasteiger partial charge on any atom is 0.407 e. The third kappa shape index (κ3) is 4.14. The van der Waals surface area contributed by atoms with Crippen LogP contribution in [0, 0.1) is 5.82 Å². The third-order valence-electron chi connectivity index (χ3n) is 5.62. The SMILES string of the molecule is COc1cccc(CC(NC(=O)OCC2c3ccccc3-c3ccccc32)C(=O)O)c1F. The molecule has 0 saturated heterocycles. The second kappa shape index (κ2) is 9.09. The topological polar surface area (TPSA) is 84.9 Å². The fraction of sp³-hybridized carbons (Fsp3) is 0.200. The van der Waals surface area contributed by atoms with Crippen LogP contribution in [0.1, 0.15) is 22.6 Å². The molecule has 32 heavy (non-hydrogen) atoms. The van der Waals surface area contributed by atoms with Crippen LogP contribution in [0.25, 0.3) is 11.1 Å². The van der Waals surface area contributed by atoms with Gasteiger partial charge in [0.25, 0.3) is 0 Å². The molecule has 1 aliphatic carbocycles. The van der Waals surface area contributed by atoms with Crippen LogP contribution in [0.3, 0.4) is 0 Å². The summed E-state index contributed by atoms with van der Waals surface area (Å²) in [6.07, 6.45) is -1.12. The number of rotatable bonds is 7. The molecule has 6 nitrogen and oxygen atoms in total. The van der Waals surface area contributed by atoms with Crippen LogP contribution < -0.4 is 10.1 Å². The predicted octanol–water partition coefficient (Wildman–Crippen LogP) is 4.37. The average molecular weight is 435 g/mol. The minimum atomic E-state index is -1.35. The van der Waals surface area contributed by atoms with Crippen molar-refractivity contribution in [2.24, 2.45) is 0 Å². The number of alkyl carbamates (subject to hydrolysis) is 1. The standard InChI is InChI=1S/C25H22FNO5/c1-31-22-12-6-7-15(23(22)26)13-21(24(28)29)27-25(30)32-14-20-18-10-4-2-8-16(18)17-9-3-5-11-19(17)20/h2-12,20-21H,13-14H2,1H3,(H,27,30)(H,28,29). The Labute approximate surface area is 184 Å². The Bertz CT molecular complexity index is 1120. The molecule has 1 unspecified atom stereocenters. The van der Waals surface area contributed by atoms with Gasteiger partial charge in [-0.05, 0) is 33.9 Å². The second-order valence-corrected chi connectivity index (χ2v) is 7.50. The van der Waals surface area contributed by atoms with Crippen molar-refractivity contribution in [1.82, 2.24) is 5.32 Å². The zero-order chi connectivity index (χ0) is 22.7. The highest BCUT2D eigenvalue weighted by molar-refractivity contribution is 5.81. The number of methoxy groups -OCH3 is 1. The van der Waals surface area contributed by atoms with Gasteiger partial charge >= 0.3 is 12.1 Å². The van der Waals surface area contributed by atoms with Crippen LogP contribution in [0.2, 0.25) is 0 Å². The van der Waals surface area contributed by atoms with E-state index in [-0.39, 0.29) is 30.3 Å². The summed E-state index contributed by atoms with van der Waals surface area (Å²) < 4.78 is 24.7. The number of nitrogens with one attached hydrogen (secondary N) is 1. The van der Waals surface area contributed by atoms with E-state index < -0.39 is 23.9 Å². The van der Waals surface area contributed by atoms with Gasteiger partial charge in [-0.3, -0.25) is 0 Å². The van der Waals surface area contributed by atoms with E-state index in [1.165, 1.54) is 19.2 Å². The van der Waals surface area contributed by atoms with Crippen LogP contribution in [0.5, 0.6) is 5.75 Å². The molecule has 1 atom stereocenters. The molecule has 3 aromatic carbocycles. The number of hydrogen-bond donors (Lipinski definition) is 2. The monoisotopic (exact) mass is 435 g/mol. The van der Waals surface area contributed by atoms with Gasteiger partial charge in [-0.15, -0.1) is 0 Å². The van der Waals surface area contributed by atoms with E-state index in [0.717, 1.165) is 22.3 Å². The fourth-order valence-electron chi connectivity index (χ4n) is 4.07. The average Bonchev–Trinajstić information content (AvgIpc) is 3.12. The van der Waals surface area contributed by atoms with Gasteiger partial charge in [0, 0.05) is 12.3 Å². The summed E-state index contributed by atoms with van der Waals surface area (Å²) in [4.78, 5) is 24.1. The van der Waals surface area contributed by atoms with E-state index in [1.54, 1.807) is 6.07 Å². The zero-order valence-electron chi connectivity index (χ0n) is 17.4. The molecule has 4 rings (SSSR count). The smallest absolute Gasteiger partial charge is 0.407 e. The Morgan fingerprint density at radius 1 is 1.00 bits per heavy atom. The van der Waals surface area contributed by atoms with Gasteiger partial charge in [-0.2, -0.15) is 0 Å². The van der Waals surface area contributed by atoms with Crippen LogP contribution in [-0.4, -0.2) is 36.9 Å². The third-order valence-corrected chi connectivity index (χ3v) is 5.62. The molecule has 0 saturated carbocycles. The molecule has 7 heteroatoms. The van der Waals surface area contributed by atoms with Crippen molar-refractivity contribution in [3.05, 3.63) is 89.2 Å². The first-order chi connectivity index (χ1) is 15.5. The molecule has 0 radical (unpaired) electrons. The summed E-state index contributed by atoms with van der Waals surface area (Å²) >= 11 is 0. The number of carboxylic acid groups (broad SMARTS) is 1. The van der Waals surface area contributed by atoms with E-state index in [9.17, 15) is 19.1 Å². The minimum absolute atomic E-state index is 0.00720. The van der Waals surface area contributed by atoms with Crippen molar-refractivity contribution in [3.63, 3.8) is 0 Å². The Morgan fingerprint density at radius 2 is 1.62 bits per heavy atom. The number of carboxylic acids is 1. The van der Waals surface area contributed by atoms with Crippen molar-refractivity contribution in [2.75, 3.05) is 13.7 Å². The van der Waals surface area contributed by atoms with Crippen molar-refractivity contribution in [3.8, 4) is 16.9 Å². The Hall–Kier alpha value is -3.87. The Morgan fingerprint density at radius 3 is 2.22 bits per heavy atom. The summed E-state index contributed by atoms with van der Waals surface area (Å²) in [6, 6.07) is 18.9. The second-order valence-electron chi connectivity index (χ2n) is 7.50. The van der Waals surface area contributed by atoms with Crippen molar-refractivity contribution >= 4 is 12.1 Å². The highest BCUT2D eigenvalue weighted by Crippen LogP contribution is 2.44. The number of carbonyl (C=O) groups is 2. The first-order valence-corrected chi connectivity index (χ1v) is 10.1. The number of carbonyl (C=O) groups excluding carboxylic acids is 1. The van der Waals surface area contributed by atoms with Crippen LogP contribution in [-0.2, 0) is 16.0 Å². The van der Waals surface area contributed by atoms with Crippen LogP contribution >= 0.6 is 0 Å². The highest BCUT2D eigenvalue weighted by Gasteiger charge is 2.30. The van der Waals surface area contributed by atoms with Crippen LogP contribution in [0.4, 0.5) is 9.18 Å². The minimum Gasteiger partial charge on any atom is -0.494 e. The molecule has 0 aliphatic heterocycles. The molecule has 0 spiro atoms. The van der Waals surface area contributed by atoms with Gasteiger partial charge in [-0.25, -0.2) is 14.0 Å². The van der Waals surface area contributed by atoms with Gasteiger partial charge in [0.05, 0.1) is 7.11 Å². The molecule has 0 aromatic heterocycles. The van der Waals surface area contributed by atoms with Gasteiger partial charge < -0.3 is 19.9 Å². The maximum absolute atomic E-state index is 14.4. The molecule has 164 valence electrons. The molecule has 0 heterocycles. The van der Waals surface area contributed by atoms with Crippen molar-refractivity contribution in [1.29, 1.82) is 0 Å². The Kier molecular flexibility index (Phi) is 6.07. The van der Waals surface area contributed by atoms with E-state index in [1.807, 2.05) is 48.5 Å². The molecule has 0 fully saturated rings. The normalized spacial score (nSPS) is 13.1. The summed E-state index contributed by atoms with van der Waals surface area (Å²) in [5, 5.41) is 11.9. The zero-order valence-corrected chi connectivity index (χ0v) is 17.4. The molecule has 3 aromatic rings. The summed E-state index contributed by atoms with van der Waals surface area (Å²) in [7, 11) is 1.33. The fourth-order valence-corrected chi connectivity index (χ4v) is 4.07. The molecule has 1 aliphatic rings. The summed E-state index contributed by atoms with van der Waals surface area (Å²) in [5.74, 6) is -2.09. The van der Waals surface area contributed by atoms with Gasteiger partial charge in [-0.1, -0.05) is 60.7 Å². The maximum atomic E-state index is 14.4. The van der Waals surface area contributed by atoms with E-state index >= 15 is 0 Å². The number of benzene rings is 3. The van der Waals surface area contributed by atoms with Crippen molar-refractivity contribution < 1.29 is 28.6 Å². The lowest BCUT2D eigenvalue weighted by atomic mass is 9.98. The lowest BCUT2D eigenvalue weighted by molar-refractivity contribution is -0.139. The number of hydrogen-bond acceptors (Lipinski definition) is 4. The highest BCUT2D eigenvalue weighted by atomic mass is 19.1. The number of ether oxygens (including phenoxy) is 2. The largest absolute Gasteiger partial charge is 0.494 e. The van der Waals surface area contributed by atoms with Crippen LogP contribution in [0.15, 0.2) is 66.7 Å². The number of aliphatic carboxylic acids is 1. The molecular formula is C25H22FNO5. The van der Waals surface area contributed by atoms with Gasteiger partial charge in [0.1, 0.15) is 12.6 Å². The predicted molar refractivity (Wildman–Crippen MR) is 116 cm³/mol. The van der Waals surface area contributed by atoms with E-state index in [4.69, 9.17) is 9.47 Å². The lowest BCUT2D eigenvalue weighted by Crippen LogP contribution is -2.43. The molecule has 2 N–H and O–H groups in total. The van der Waals surface area contributed by atoms with E-state index in [2.05, 4.69) is 5.32 Å². The lowest BCUT2D eigenvalue weighted by Gasteiger charge is -2.18. The first kappa shape index (κ1) is 21.4.